The molecule has 0 spiro atoms. The van der Waals surface area contributed by atoms with Gasteiger partial charge in [0.05, 0.1) is 84.4 Å². The van der Waals surface area contributed by atoms with Crippen LogP contribution in [0.4, 0.5) is 0 Å². The summed E-state index contributed by atoms with van der Waals surface area (Å²) < 4.78 is 48.2. The van der Waals surface area contributed by atoms with E-state index >= 15 is 0 Å². The lowest BCUT2D eigenvalue weighted by molar-refractivity contribution is -0.156. The summed E-state index contributed by atoms with van der Waals surface area (Å²) in [6, 6.07) is 0. The first-order valence-corrected chi connectivity index (χ1v) is 18.8. The van der Waals surface area contributed by atoms with Crippen molar-refractivity contribution in [2.45, 2.75) is 164 Å². The summed E-state index contributed by atoms with van der Waals surface area (Å²) in [5.41, 5.74) is 0. The molecule has 0 aromatic carbocycles. The predicted molar refractivity (Wildman–Crippen MR) is 175 cm³/mol. The number of hydrogen-bond acceptors (Lipinski definition) is 10. The maximum atomic E-state index is 10.6. The molecule has 1 saturated heterocycles. The van der Waals surface area contributed by atoms with Crippen LogP contribution in [0.25, 0.3) is 0 Å². The second-order valence-electron chi connectivity index (χ2n) is 14.1. The molecule has 10 nitrogen and oxygen atoms in total. The Morgan fingerprint density at radius 1 is 0.435 bits per heavy atom. The highest BCUT2D eigenvalue weighted by molar-refractivity contribution is 4.72. The monoisotopic (exact) mass is 658 g/mol. The van der Waals surface area contributed by atoms with E-state index in [9.17, 15) is 10.2 Å². The number of aliphatic hydroxyl groups is 2. The first kappa shape index (κ1) is 38.4. The van der Waals surface area contributed by atoms with Gasteiger partial charge in [-0.25, -0.2) is 0 Å². The summed E-state index contributed by atoms with van der Waals surface area (Å²) in [4.78, 5) is 0. The molecule has 0 aromatic heterocycles. The summed E-state index contributed by atoms with van der Waals surface area (Å²) in [6.07, 6.45) is 20.2. The third-order valence-corrected chi connectivity index (χ3v) is 9.67. The minimum Gasteiger partial charge on any atom is -0.388 e. The van der Waals surface area contributed by atoms with Crippen molar-refractivity contribution in [1.82, 2.24) is 0 Å². The van der Waals surface area contributed by atoms with Crippen molar-refractivity contribution in [2.75, 3.05) is 66.1 Å². The molecule has 0 aromatic rings. The first-order chi connectivity index (χ1) is 22.6. The Morgan fingerprint density at radius 2 is 0.848 bits per heavy atom. The predicted octanol–water partition coefficient (Wildman–Crippen LogP) is 5.13. The maximum Gasteiger partial charge on any atom is 0.104 e. The van der Waals surface area contributed by atoms with Gasteiger partial charge in [-0.3, -0.25) is 0 Å². The molecule has 0 bridgehead atoms. The van der Waals surface area contributed by atoms with Crippen molar-refractivity contribution in [2.24, 2.45) is 0 Å². The molecule has 3 atom stereocenters. The number of ether oxygens (including phenoxy) is 8. The summed E-state index contributed by atoms with van der Waals surface area (Å²) in [7, 11) is 0. The molecule has 270 valence electrons. The van der Waals surface area contributed by atoms with Gasteiger partial charge in [-0.05, 0) is 38.5 Å². The van der Waals surface area contributed by atoms with Crippen LogP contribution in [0, 0.1) is 0 Å². The van der Waals surface area contributed by atoms with Crippen molar-refractivity contribution in [3.8, 4) is 0 Å². The Morgan fingerprint density at radius 3 is 1.39 bits per heavy atom. The smallest absolute Gasteiger partial charge is 0.104 e. The number of rotatable bonds is 18. The van der Waals surface area contributed by atoms with E-state index in [1.165, 1.54) is 77.0 Å². The van der Waals surface area contributed by atoms with Gasteiger partial charge in [-0.15, -0.1) is 0 Å². The standard InChI is InChI=1S/C36H66O10/c37-29(21-43-31-13-7-4-5-8-14-31)19-39-25-35(45-32-15-9-2-1-3-10-16-32)26-40-20-30(38)22-44-34-23-41-27-36(28-42-24-34)46-33-17-11-6-12-18-33/h29-38H,1-28H2. The van der Waals surface area contributed by atoms with E-state index in [1.807, 2.05) is 0 Å². The van der Waals surface area contributed by atoms with E-state index in [0.717, 1.165) is 38.5 Å². The molecule has 1 heterocycles. The lowest BCUT2D eigenvalue weighted by atomic mass is 9.98. The molecule has 4 aliphatic rings. The summed E-state index contributed by atoms with van der Waals surface area (Å²) in [5.74, 6) is 0. The van der Waals surface area contributed by atoms with Crippen molar-refractivity contribution in [3.63, 3.8) is 0 Å². The van der Waals surface area contributed by atoms with Crippen LogP contribution in [0.2, 0.25) is 0 Å². The molecule has 3 unspecified atom stereocenters. The SMILES string of the molecule is OC(COCC(COCC(O)COC1COCC(OC2CCCCC2)COC1)OC1CCCCCCC1)COC1CCCCCC1. The van der Waals surface area contributed by atoms with E-state index in [2.05, 4.69) is 0 Å². The van der Waals surface area contributed by atoms with Gasteiger partial charge in [0.2, 0.25) is 0 Å². The van der Waals surface area contributed by atoms with Crippen LogP contribution in [0.3, 0.4) is 0 Å². The lowest BCUT2D eigenvalue weighted by Crippen LogP contribution is -2.39. The van der Waals surface area contributed by atoms with Gasteiger partial charge in [-0.1, -0.05) is 77.0 Å². The normalized spacial score (nSPS) is 27.5. The number of hydrogen-bond donors (Lipinski definition) is 2. The molecule has 3 saturated carbocycles. The fraction of sp³-hybridized carbons (Fsp3) is 1.00. The van der Waals surface area contributed by atoms with Crippen molar-refractivity contribution in [1.29, 1.82) is 0 Å². The van der Waals surface area contributed by atoms with Crippen molar-refractivity contribution in [3.05, 3.63) is 0 Å². The van der Waals surface area contributed by atoms with Crippen LogP contribution in [0.15, 0.2) is 0 Å². The van der Waals surface area contributed by atoms with E-state index < -0.39 is 12.2 Å². The molecular weight excluding hydrogens is 592 g/mol. The lowest BCUT2D eigenvalue weighted by Gasteiger charge is -2.30. The molecule has 1 aliphatic heterocycles. The topological polar surface area (TPSA) is 114 Å². The summed E-state index contributed by atoms with van der Waals surface area (Å²) >= 11 is 0. The third kappa shape index (κ3) is 16.8. The van der Waals surface area contributed by atoms with E-state index in [-0.39, 0.29) is 50.3 Å². The van der Waals surface area contributed by atoms with Gasteiger partial charge in [0.1, 0.15) is 30.5 Å². The van der Waals surface area contributed by atoms with Crippen LogP contribution in [-0.2, 0) is 37.9 Å². The molecule has 2 N–H and O–H groups in total. The van der Waals surface area contributed by atoms with Crippen molar-refractivity contribution >= 4 is 0 Å². The number of aliphatic hydroxyl groups excluding tert-OH is 2. The summed E-state index contributed by atoms with van der Waals surface area (Å²) in [5, 5.41) is 21.1. The van der Waals surface area contributed by atoms with Gasteiger partial charge in [0.15, 0.2) is 0 Å². The Balaban J connectivity index is 1.11. The molecule has 10 heteroatoms. The van der Waals surface area contributed by atoms with Crippen LogP contribution in [0.1, 0.15) is 116 Å². The van der Waals surface area contributed by atoms with E-state index in [0.29, 0.717) is 52.4 Å². The largest absolute Gasteiger partial charge is 0.388 e. The van der Waals surface area contributed by atoms with Gasteiger partial charge in [0, 0.05) is 0 Å². The molecule has 4 fully saturated rings. The second-order valence-corrected chi connectivity index (χ2v) is 14.1. The molecule has 4 rings (SSSR count). The Bertz CT molecular complexity index is 712. The van der Waals surface area contributed by atoms with Crippen molar-refractivity contribution < 1.29 is 48.1 Å². The highest BCUT2D eigenvalue weighted by Crippen LogP contribution is 2.23. The van der Waals surface area contributed by atoms with Gasteiger partial charge in [0.25, 0.3) is 0 Å². The Kier molecular flexibility index (Phi) is 19.9. The zero-order chi connectivity index (χ0) is 32.1. The van der Waals surface area contributed by atoms with Crippen LogP contribution in [-0.4, -0.2) is 125 Å². The van der Waals surface area contributed by atoms with E-state index in [1.54, 1.807) is 0 Å². The molecule has 3 aliphatic carbocycles. The molecule has 0 radical (unpaired) electrons. The fourth-order valence-corrected chi connectivity index (χ4v) is 7.03. The fourth-order valence-electron chi connectivity index (χ4n) is 7.03. The highest BCUT2D eigenvalue weighted by atomic mass is 16.6. The van der Waals surface area contributed by atoms with Crippen LogP contribution < -0.4 is 0 Å². The van der Waals surface area contributed by atoms with Gasteiger partial charge >= 0.3 is 0 Å². The minimum atomic E-state index is -0.779. The van der Waals surface area contributed by atoms with E-state index in [4.69, 9.17) is 37.9 Å². The zero-order valence-electron chi connectivity index (χ0n) is 28.6. The second kappa shape index (κ2) is 23.9. The average molecular weight is 659 g/mol. The summed E-state index contributed by atoms with van der Waals surface area (Å²) in [6.45, 7) is 3.21. The molecule has 0 amide bonds. The van der Waals surface area contributed by atoms with Gasteiger partial charge in [-0.2, -0.15) is 0 Å². The van der Waals surface area contributed by atoms with Gasteiger partial charge < -0.3 is 48.1 Å². The van der Waals surface area contributed by atoms with Crippen LogP contribution >= 0.6 is 0 Å². The first-order valence-electron chi connectivity index (χ1n) is 18.8. The minimum absolute atomic E-state index is 0.0348. The molecular formula is C36H66O10. The average Bonchev–Trinajstić information content (AvgIpc) is 3.31. The Labute approximate surface area is 278 Å². The zero-order valence-corrected chi connectivity index (χ0v) is 28.6. The third-order valence-electron chi connectivity index (χ3n) is 9.67. The maximum absolute atomic E-state index is 10.6. The molecule has 46 heavy (non-hydrogen) atoms. The Hall–Kier alpha value is -0.400. The quantitative estimate of drug-likeness (QED) is 0.192. The highest BCUT2D eigenvalue weighted by Gasteiger charge is 2.24. The van der Waals surface area contributed by atoms with Crippen LogP contribution in [0.5, 0.6) is 0 Å².